The minimum Gasteiger partial charge on any atom is -0.497 e. The summed E-state index contributed by atoms with van der Waals surface area (Å²) in [5.74, 6) is 0.0557. The molecule has 6 atom stereocenters. The van der Waals surface area contributed by atoms with Crippen LogP contribution in [0.5, 0.6) is 5.75 Å². The molecule has 0 bridgehead atoms. The Hall–Kier alpha value is -2.09. The van der Waals surface area contributed by atoms with Gasteiger partial charge in [-0.2, -0.15) is 0 Å². The second-order valence-corrected chi connectivity index (χ2v) is 8.53. The number of fused-ring (bicyclic) bond motifs is 6. The van der Waals surface area contributed by atoms with Crippen molar-refractivity contribution >= 4 is 16.9 Å². The highest BCUT2D eigenvalue weighted by molar-refractivity contribution is 5.86. The second kappa shape index (κ2) is 7.00. The van der Waals surface area contributed by atoms with Crippen molar-refractivity contribution in [1.29, 1.82) is 0 Å². The number of aromatic nitrogens is 1. The fourth-order valence-corrected chi connectivity index (χ4v) is 5.80. The molecule has 1 aromatic heterocycles. The Morgan fingerprint density at radius 1 is 1.31 bits per heavy atom. The minimum absolute atomic E-state index is 0.0225. The van der Waals surface area contributed by atoms with Gasteiger partial charge < -0.3 is 24.3 Å². The van der Waals surface area contributed by atoms with Crippen molar-refractivity contribution in [3.05, 3.63) is 29.5 Å². The summed E-state index contributed by atoms with van der Waals surface area (Å²) >= 11 is 0. The first-order valence-electron chi connectivity index (χ1n) is 10.4. The molecular weight excluding hydrogens is 372 g/mol. The van der Waals surface area contributed by atoms with Crippen LogP contribution in [0.1, 0.15) is 30.6 Å². The van der Waals surface area contributed by atoms with Crippen molar-refractivity contribution in [2.24, 2.45) is 17.8 Å². The molecule has 0 spiro atoms. The molecule has 156 valence electrons. The Balaban J connectivity index is 1.53. The van der Waals surface area contributed by atoms with E-state index in [0.717, 1.165) is 37.2 Å². The molecule has 0 radical (unpaired) electrons. The van der Waals surface area contributed by atoms with Crippen LogP contribution < -0.4 is 4.74 Å². The van der Waals surface area contributed by atoms with Crippen molar-refractivity contribution in [2.75, 3.05) is 27.3 Å². The topological polar surface area (TPSA) is 84.0 Å². The molecule has 2 saturated heterocycles. The quantitative estimate of drug-likeness (QED) is 0.753. The summed E-state index contributed by atoms with van der Waals surface area (Å²) in [6, 6.07) is 6.34. The second-order valence-electron chi connectivity index (χ2n) is 8.53. The van der Waals surface area contributed by atoms with Gasteiger partial charge in [-0.05, 0) is 49.4 Å². The Labute approximate surface area is 169 Å². The number of benzene rings is 1. The molecule has 2 fully saturated rings. The van der Waals surface area contributed by atoms with E-state index in [1.807, 2.05) is 13.0 Å². The number of esters is 1. The molecular formula is C22H28N2O5. The number of methoxy groups -OCH3 is 2. The maximum Gasteiger partial charge on any atom is 0.314 e. The van der Waals surface area contributed by atoms with Gasteiger partial charge in [-0.3, -0.25) is 9.69 Å². The van der Waals surface area contributed by atoms with Crippen molar-refractivity contribution in [1.82, 2.24) is 9.88 Å². The highest BCUT2D eigenvalue weighted by Gasteiger charge is 2.52. The van der Waals surface area contributed by atoms with Crippen LogP contribution in [-0.4, -0.2) is 60.7 Å². The number of carbonyl (C=O) groups excluding carboxylic acids is 1. The van der Waals surface area contributed by atoms with Crippen molar-refractivity contribution in [3.63, 3.8) is 0 Å². The van der Waals surface area contributed by atoms with Gasteiger partial charge in [0.05, 0.1) is 26.4 Å². The number of carbonyl (C=O) groups is 1. The van der Waals surface area contributed by atoms with Crippen molar-refractivity contribution < 1.29 is 24.1 Å². The summed E-state index contributed by atoms with van der Waals surface area (Å²) in [4.78, 5) is 18.6. The van der Waals surface area contributed by atoms with Gasteiger partial charge in [0.1, 0.15) is 11.7 Å². The third-order valence-electron chi connectivity index (χ3n) is 7.26. The summed E-state index contributed by atoms with van der Waals surface area (Å²) in [6.45, 7) is 3.83. The Morgan fingerprint density at radius 2 is 2.14 bits per heavy atom. The number of rotatable bonds is 2. The summed E-state index contributed by atoms with van der Waals surface area (Å²) in [5, 5.41) is 11.7. The first-order chi connectivity index (χ1) is 14.0. The number of aliphatic hydroxyl groups is 1. The number of piperidine rings is 1. The molecule has 0 saturated carbocycles. The van der Waals surface area contributed by atoms with Crippen LogP contribution in [0.15, 0.2) is 18.2 Å². The highest BCUT2D eigenvalue weighted by atomic mass is 16.6. The minimum atomic E-state index is -1.11. The van der Waals surface area contributed by atoms with Gasteiger partial charge in [-0.1, -0.05) is 0 Å². The number of nitrogens with one attached hydrogen (secondary N) is 1. The summed E-state index contributed by atoms with van der Waals surface area (Å²) < 4.78 is 16.1. The predicted octanol–water partition coefficient (Wildman–Crippen LogP) is 2.24. The molecule has 3 aliphatic heterocycles. The zero-order valence-corrected chi connectivity index (χ0v) is 17.1. The van der Waals surface area contributed by atoms with Gasteiger partial charge in [0, 0.05) is 35.6 Å². The molecule has 6 unspecified atom stereocenters. The van der Waals surface area contributed by atoms with Crippen molar-refractivity contribution in [2.45, 2.75) is 38.2 Å². The van der Waals surface area contributed by atoms with Gasteiger partial charge in [0.15, 0.2) is 6.29 Å². The molecule has 5 rings (SSSR count). The normalized spacial score (nSPS) is 34.2. The third kappa shape index (κ3) is 2.86. The van der Waals surface area contributed by atoms with Gasteiger partial charge in [-0.15, -0.1) is 0 Å². The highest BCUT2D eigenvalue weighted by Crippen LogP contribution is 2.49. The molecule has 2 N–H and O–H groups in total. The van der Waals surface area contributed by atoms with Gasteiger partial charge in [-0.25, -0.2) is 0 Å². The van der Waals surface area contributed by atoms with E-state index in [1.54, 1.807) is 7.11 Å². The SMILES string of the molecule is COC(=O)C1C(O)OC(C)C2CN3CCc4c([nH]c5ccc(OC)cc45)C3CC21. The molecule has 7 heteroatoms. The third-order valence-corrected chi connectivity index (χ3v) is 7.26. The maximum atomic E-state index is 12.5. The molecule has 0 amide bonds. The van der Waals surface area contributed by atoms with E-state index >= 15 is 0 Å². The van der Waals surface area contributed by atoms with Crippen LogP contribution in [0, 0.1) is 17.8 Å². The zero-order valence-electron chi connectivity index (χ0n) is 17.1. The lowest BCUT2D eigenvalue weighted by molar-refractivity contribution is -0.245. The van der Waals surface area contributed by atoms with Crippen LogP contribution in [0.25, 0.3) is 10.9 Å². The van der Waals surface area contributed by atoms with Crippen LogP contribution in [0.3, 0.4) is 0 Å². The fraction of sp³-hybridized carbons (Fsp3) is 0.591. The van der Waals surface area contributed by atoms with E-state index < -0.39 is 12.2 Å². The van der Waals surface area contributed by atoms with E-state index in [0.29, 0.717) is 0 Å². The lowest BCUT2D eigenvalue weighted by atomic mass is 9.68. The standard InChI is InChI=1S/C22H28N2O5/c1-11-16-10-24-7-6-13-14-8-12(27-2)4-5-17(14)23-20(13)18(24)9-15(16)19(21(25)28-3)22(26)29-11/h4-5,8,11,15-16,18-19,22-23,26H,6-7,9-10H2,1-3H3. The number of hydrogen-bond acceptors (Lipinski definition) is 6. The van der Waals surface area contributed by atoms with E-state index in [9.17, 15) is 9.90 Å². The smallest absolute Gasteiger partial charge is 0.314 e. The molecule has 2 aromatic rings. The van der Waals surface area contributed by atoms with Crippen LogP contribution in [0.2, 0.25) is 0 Å². The molecule has 1 aromatic carbocycles. The summed E-state index contributed by atoms with van der Waals surface area (Å²) in [5.41, 5.74) is 3.69. The van der Waals surface area contributed by atoms with E-state index in [2.05, 4.69) is 22.0 Å². The molecule has 0 aliphatic carbocycles. The van der Waals surface area contributed by atoms with Crippen LogP contribution in [-0.2, 0) is 20.7 Å². The Bertz CT molecular complexity index is 941. The summed E-state index contributed by atoms with van der Waals surface area (Å²) in [6.07, 6.45) is 0.575. The van der Waals surface area contributed by atoms with Gasteiger partial charge in [0.25, 0.3) is 0 Å². The van der Waals surface area contributed by atoms with Crippen LogP contribution >= 0.6 is 0 Å². The van der Waals surface area contributed by atoms with Crippen LogP contribution in [0.4, 0.5) is 0 Å². The number of hydrogen-bond donors (Lipinski definition) is 2. The number of aromatic amines is 1. The molecule has 29 heavy (non-hydrogen) atoms. The number of H-pyrrole nitrogens is 1. The monoisotopic (exact) mass is 400 g/mol. The average Bonchev–Trinajstić information content (AvgIpc) is 3.10. The van der Waals surface area contributed by atoms with Gasteiger partial charge >= 0.3 is 5.97 Å². The first-order valence-corrected chi connectivity index (χ1v) is 10.4. The average molecular weight is 400 g/mol. The lowest BCUT2D eigenvalue weighted by Gasteiger charge is -2.52. The number of nitrogens with zero attached hydrogens (tertiary/aromatic N) is 1. The van der Waals surface area contributed by atoms with Crippen molar-refractivity contribution in [3.8, 4) is 5.75 Å². The molecule has 7 nitrogen and oxygen atoms in total. The largest absolute Gasteiger partial charge is 0.497 e. The number of ether oxygens (including phenoxy) is 3. The van der Waals surface area contributed by atoms with E-state index in [1.165, 1.54) is 23.8 Å². The van der Waals surface area contributed by atoms with E-state index in [4.69, 9.17) is 14.2 Å². The zero-order chi connectivity index (χ0) is 20.3. The molecule has 3 aliphatic rings. The van der Waals surface area contributed by atoms with E-state index in [-0.39, 0.29) is 30.0 Å². The Morgan fingerprint density at radius 3 is 2.90 bits per heavy atom. The maximum absolute atomic E-state index is 12.5. The lowest BCUT2D eigenvalue weighted by Crippen LogP contribution is -2.58. The Kier molecular flexibility index (Phi) is 4.57. The fourth-order valence-electron chi connectivity index (χ4n) is 5.80. The summed E-state index contributed by atoms with van der Waals surface area (Å²) in [7, 11) is 3.06. The number of aliphatic hydroxyl groups excluding tert-OH is 1. The predicted molar refractivity (Wildman–Crippen MR) is 107 cm³/mol. The van der Waals surface area contributed by atoms with Gasteiger partial charge in [0.2, 0.25) is 0 Å². The first kappa shape index (κ1) is 18.9. The molecule has 4 heterocycles.